The number of aromatic nitrogens is 2. The molecular formula is C20H30N6. The van der Waals surface area contributed by atoms with Crippen molar-refractivity contribution >= 4 is 23.1 Å². The maximum atomic E-state index is 4.59. The third-order valence-electron chi connectivity index (χ3n) is 4.35. The van der Waals surface area contributed by atoms with Crippen LogP contribution >= 0.6 is 0 Å². The molecule has 1 aliphatic rings. The summed E-state index contributed by atoms with van der Waals surface area (Å²) in [4.78, 5) is 13.9. The van der Waals surface area contributed by atoms with Crippen LogP contribution in [0.25, 0.3) is 0 Å². The van der Waals surface area contributed by atoms with Crippen molar-refractivity contribution in [2.45, 2.75) is 33.2 Å². The molecule has 6 heteroatoms. The number of nitrogens with one attached hydrogen (secondary N) is 2. The van der Waals surface area contributed by atoms with E-state index in [-0.39, 0.29) is 5.54 Å². The first-order valence-corrected chi connectivity index (χ1v) is 9.23. The number of piperazine rings is 1. The SMILES string of the molecule is Cc1cc(NC(C)(C)C)nc(Nc2ccc(N3CCN(C)CC3)cc2)n1. The topological polar surface area (TPSA) is 56.3 Å². The summed E-state index contributed by atoms with van der Waals surface area (Å²) >= 11 is 0. The Morgan fingerprint density at radius 3 is 2.23 bits per heavy atom. The van der Waals surface area contributed by atoms with E-state index in [9.17, 15) is 0 Å². The fourth-order valence-corrected chi connectivity index (χ4v) is 3.02. The molecule has 1 fully saturated rings. The van der Waals surface area contributed by atoms with Crippen molar-refractivity contribution in [2.24, 2.45) is 0 Å². The summed E-state index contributed by atoms with van der Waals surface area (Å²) in [6.07, 6.45) is 0. The number of aryl methyl sites for hydroxylation is 1. The number of anilines is 4. The molecule has 2 aromatic rings. The van der Waals surface area contributed by atoms with Gasteiger partial charge < -0.3 is 20.4 Å². The zero-order valence-electron chi connectivity index (χ0n) is 16.5. The molecule has 2 N–H and O–H groups in total. The molecule has 2 heterocycles. The van der Waals surface area contributed by atoms with Crippen molar-refractivity contribution in [1.82, 2.24) is 14.9 Å². The van der Waals surface area contributed by atoms with Crippen LogP contribution in [0.3, 0.4) is 0 Å². The van der Waals surface area contributed by atoms with Crippen molar-refractivity contribution in [1.29, 1.82) is 0 Å². The van der Waals surface area contributed by atoms with Gasteiger partial charge in [0.2, 0.25) is 5.95 Å². The van der Waals surface area contributed by atoms with Crippen LogP contribution in [0.5, 0.6) is 0 Å². The normalized spacial score (nSPS) is 15.8. The number of hydrogen-bond donors (Lipinski definition) is 2. The molecule has 0 aliphatic carbocycles. The zero-order valence-corrected chi connectivity index (χ0v) is 16.5. The number of hydrogen-bond acceptors (Lipinski definition) is 6. The summed E-state index contributed by atoms with van der Waals surface area (Å²) in [6, 6.07) is 10.5. The lowest BCUT2D eigenvalue weighted by molar-refractivity contribution is 0.313. The maximum Gasteiger partial charge on any atom is 0.229 e. The van der Waals surface area contributed by atoms with Crippen LogP contribution in [-0.2, 0) is 0 Å². The molecule has 140 valence electrons. The van der Waals surface area contributed by atoms with E-state index in [2.05, 4.69) is 82.5 Å². The van der Waals surface area contributed by atoms with Gasteiger partial charge in [-0.15, -0.1) is 0 Å². The molecular weight excluding hydrogens is 324 g/mol. The summed E-state index contributed by atoms with van der Waals surface area (Å²) in [6.45, 7) is 12.7. The van der Waals surface area contributed by atoms with Gasteiger partial charge >= 0.3 is 0 Å². The van der Waals surface area contributed by atoms with Gasteiger partial charge in [0.25, 0.3) is 0 Å². The van der Waals surface area contributed by atoms with Gasteiger partial charge in [0.15, 0.2) is 0 Å². The monoisotopic (exact) mass is 354 g/mol. The molecule has 1 aromatic heterocycles. The van der Waals surface area contributed by atoms with E-state index in [1.165, 1.54) is 5.69 Å². The molecule has 1 aromatic carbocycles. The Kier molecular flexibility index (Phi) is 5.32. The molecule has 0 saturated carbocycles. The Labute approximate surface area is 156 Å². The summed E-state index contributed by atoms with van der Waals surface area (Å²) in [5.74, 6) is 1.45. The van der Waals surface area contributed by atoms with E-state index in [4.69, 9.17) is 0 Å². The predicted octanol–water partition coefficient (Wildman–Crippen LogP) is 3.49. The van der Waals surface area contributed by atoms with E-state index in [1.54, 1.807) is 0 Å². The van der Waals surface area contributed by atoms with Gasteiger partial charge in [-0.25, -0.2) is 4.98 Å². The molecule has 0 amide bonds. The van der Waals surface area contributed by atoms with E-state index >= 15 is 0 Å². The molecule has 6 nitrogen and oxygen atoms in total. The lowest BCUT2D eigenvalue weighted by Gasteiger charge is -2.34. The molecule has 26 heavy (non-hydrogen) atoms. The second-order valence-electron chi connectivity index (χ2n) is 8.06. The fraction of sp³-hybridized carbons (Fsp3) is 0.500. The first-order valence-electron chi connectivity index (χ1n) is 9.23. The van der Waals surface area contributed by atoms with E-state index in [1.807, 2.05) is 13.0 Å². The quantitative estimate of drug-likeness (QED) is 0.877. The van der Waals surface area contributed by atoms with Crippen LogP contribution < -0.4 is 15.5 Å². The standard InChI is InChI=1S/C20H30N6/c1-15-14-18(24-20(2,3)4)23-19(21-15)22-16-6-8-17(9-7-16)26-12-10-25(5)11-13-26/h6-9,14H,10-13H2,1-5H3,(H2,21,22,23,24). The smallest absolute Gasteiger partial charge is 0.229 e. The summed E-state index contributed by atoms with van der Waals surface area (Å²) in [5, 5.41) is 6.72. The van der Waals surface area contributed by atoms with Gasteiger partial charge in [-0.3, -0.25) is 0 Å². The van der Waals surface area contributed by atoms with Crippen molar-refractivity contribution in [3.05, 3.63) is 36.0 Å². The average molecular weight is 355 g/mol. The highest BCUT2D eigenvalue weighted by Gasteiger charge is 2.14. The van der Waals surface area contributed by atoms with E-state index in [0.29, 0.717) is 5.95 Å². The molecule has 0 bridgehead atoms. The third-order valence-corrected chi connectivity index (χ3v) is 4.35. The van der Waals surface area contributed by atoms with Gasteiger partial charge in [-0.1, -0.05) is 0 Å². The highest BCUT2D eigenvalue weighted by atomic mass is 15.2. The Balaban J connectivity index is 1.69. The largest absolute Gasteiger partial charge is 0.369 e. The van der Waals surface area contributed by atoms with Crippen LogP contribution in [0, 0.1) is 6.92 Å². The second-order valence-corrected chi connectivity index (χ2v) is 8.06. The Morgan fingerprint density at radius 2 is 1.62 bits per heavy atom. The number of rotatable bonds is 4. The van der Waals surface area contributed by atoms with Crippen LogP contribution in [0.4, 0.5) is 23.1 Å². The van der Waals surface area contributed by atoms with E-state index in [0.717, 1.165) is 43.4 Å². The summed E-state index contributed by atoms with van der Waals surface area (Å²) in [7, 11) is 2.18. The van der Waals surface area contributed by atoms with Crippen LogP contribution in [0.2, 0.25) is 0 Å². The van der Waals surface area contributed by atoms with Gasteiger partial charge in [0.1, 0.15) is 5.82 Å². The van der Waals surface area contributed by atoms with Crippen LogP contribution in [0.15, 0.2) is 30.3 Å². The van der Waals surface area contributed by atoms with E-state index < -0.39 is 0 Å². The Hall–Kier alpha value is -2.34. The van der Waals surface area contributed by atoms with Crippen molar-refractivity contribution < 1.29 is 0 Å². The zero-order chi connectivity index (χ0) is 18.7. The lowest BCUT2D eigenvalue weighted by atomic mass is 10.1. The summed E-state index contributed by atoms with van der Waals surface area (Å²) in [5.41, 5.74) is 3.16. The predicted molar refractivity (Wildman–Crippen MR) is 110 cm³/mol. The lowest BCUT2D eigenvalue weighted by Crippen LogP contribution is -2.44. The van der Waals surface area contributed by atoms with Crippen LogP contribution in [-0.4, -0.2) is 53.6 Å². The number of benzene rings is 1. The van der Waals surface area contributed by atoms with Crippen LogP contribution in [0.1, 0.15) is 26.5 Å². The molecule has 0 unspecified atom stereocenters. The molecule has 3 rings (SSSR count). The third kappa shape index (κ3) is 5.08. The molecule has 0 spiro atoms. The highest BCUT2D eigenvalue weighted by molar-refractivity contribution is 5.60. The Bertz CT molecular complexity index is 727. The summed E-state index contributed by atoms with van der Waals surface area (Å²) < 4.78 is 0. The number of nitrogens with zero attached hydrogens (tertiary/aromatic N) is 4. The maximum absolute atomic E-state index is 4.59. The second kappa shape index (κ2) is 7.50. The molecule has 1 aliphatic heterocycles. The van der Waals surface area contributed by atoms with Crippen molar-refractivity contribution in [3.8, 4) is 0 Å². The average Bonchev–Trinajstić information content (AvgIpc) is 2.54. The first-order chi connectivity index (χ1) is 12.3. The fourth-order valence-electron chi connectivity index (χ4n) is 3.02. The molecule has 0 atom stereocenters. The minimum absolute atomic E-state index is 0.0395. The molecule has 1 saturated heterocycles. The highest BCUT2D eigenvalue weighted by Crippen LogP contribution is 2.22. The van der Waals surface area contributed by atoms with Gasteiger partial charge in [0, 0.05) is 54.9 Å². The molecule has 0 radical (unpaired) electrons. The van der Waals surface area contributed by atoms with Crippen molar-refractivity contribution in [2.75, 3.05) is 48.8 Å². The first kappa shape index (κ1) is 18.5. The van der Waals surface area contributed by atoms with Gasteiger partial charge in [-0.05, 0) is 59.0 Å². The van der Waals surface area contributed by atoms with Crippen molar-refractivity contribution in [3.63, 3.8) is 0 Å². The Morgan fingerprint density at radius 1 is 0.962 bits per heavy atom. The van der Waals surface area contributed by atoms with Gasteiger partial charge in [0.05, 0.1) is 0 Å². The number of likely N-dealkylation sites (N-methyl/N-ethyl adjacent to an activating group) is 1. The minimum Gasteiger partial charge on any atom is -0.369 e. The minimum atomic E-state index is -0.0395. The van der Waals surface area contributed by atoms with Gasteiger partial charge in [-0.2, -0.15) is 4.98 Å².